The molecule has 8 nitrogen and oxygen atoms in total. The Morgan fingerprint density at radius 3 is 2.24 bits per heavy atom. The van der Waals surface area contributed by atoms with Crippen molar-refractivity contribution in [2.24, 2.45) is 0 Å². The largest absolute Gasteiger partial charge is 0.491 e. The summed E-state index contributed by atoms with van der Waals surface area (Å²) in [5.41, 5.74) is 5.87. The third kappa shape index (κ3) is 6.57. The summed E-state index contributed by atoms with van der Waals surface area (Å²) in [7, 11) is 0. The zero-order chi connectivity index (χ0) is 28.2. The van der Waals surface area contributed by atoms with Gasteiger partial charge in [0.1, 0.15) is 11.6 Å². The number of aromatic amines is 1. The summed E-state index contributed by atoms with van der Waals surface area (Å²) in [5.74, 6) is 1.20. The first-order valence-corrected chi connectivity index (χ1v) is 13.5. The summed E-state index contributed by atoms with van der Waals surface area (Å²) in [4.78, 5) is 32.9. The second kappa shape index (κ2) is 13.0. The lowest BCUT2D eigenvalue weighted by molar-refractivity contribution is 0.242. The predicted octanol–water partition coefficient (Wildman–Crippen LogP) is 6.46. The number of halogens is 1. The first-order chi connectivity index (χ1) is 19.3. The van der Waals surface area contributed by atoms with Crippen LogP contribution in [0, 0.1) is 6.92 Å². The van der Waals surface area contributed by atoms with E-state index in [-0.39, 0.29) is 28.6 Å². The van der Waals surface area contributed by atoms with Gasteiger partial charge in [-0.1, -0.05) is 67.0 Å². The maximum atomic E-state index is 13.9. The summed E-state index contributed by atoms with van der Waals surface area (Å²) < 4.78 is 12.1. The third-order valence-electron chi connectivity index (χ3n) is 6.65. The van der Waals surface area contributed by atoms with Gasteiger partial charge in [-0.3, -0.25) is 18.9 Å². The summed E-state index contributed by atoms with van der Waals surface area (Å²) in [6.45, 7) is 7.93. The Bertz CT molecular complexity index is 1740. The number of ether oxygens (including phenoxy) is 1. The maximum Gasteiger partial charge on any atom is 0.439 e. The molecule has 5 aromatic rings. The van der Waals surface area contributed by atoms with Gasteiger partial charge in [0.2, 0.25) is 0 Å². The molecule has 2 aromatic heterocycles. The van der Waals surface area contributed by atoms with Crippen molar-refractivity contribution < 1.29 is 9.26 Å². The van der Waals surface area contributed by atoms with Crippen LogP contribution in [0.1, 0.15) is 49.8 Å². The molecule has 0 fully saturated rings. The molecule has 0 saturated heterocycles. The van der Waals surface area contributed by atoms with Crippen LogP contribution in [0.3, 0.4) is 0 Å². The van der Waals surface area contributed by atoms with Crippen LogP contribution in [0.15, 0.2) is 86.9 Å². The number of nitrogens with zero attached hydrogens (tertiary/aromatic N) is 3. The topological polar surface area (TPSA) is 103 Å². The quantitative estimate of drug-likeness (QED) is 0.204. The molecule has 0 atom stereocenters. The van der Waals surface area contributed by atoms with Gasteiger partial charge in [-0.15, -0.1) is 17.0 Å². The van der Waals surface area contributed by atoms with Crippen molar-refractivity contribution in [3.63, 3.8) is 0 Å². The number of rotatable bonds is 9. The molecule has 0 aliphatic carbocycles. The molecular weight excluding hydrogens is 584 g/mol. The van der Waals surface area contributed by atoms with Crippen molar-refractivity contribution in [2.45, 2.75) is 53.1 Å². The van der Waals surface area contributed by atoms with Crippen molar-refractivity contribution in [2.75, 3.05) is 0 Å². The lowest BCUT2D eigenvalue weighted by atomic mass is 9.96. The number of aromatic nitrogens is 4. The van der Waals surface area contributed by atoms with Crippen molar-refractivity contribution in [1.29, 1.82) is 0 Å². The summed E-state index contributed by atoms with van der Waals surface area (Å²) >= 11 is 0. The van der Waals surface area contributed by atoms with Crippen molar-refractivity contribution in [3.05, 3.63) is 116 Å². The van der Waals surface area contributed by atoms with E-state index in [1.807, 2.05) is 93.6 Å². The lowest BCUT2D eigenvalue weighted by Gasteiger charge is -2.16. The molecule has 0 aliphatic heterocycles. The van der Waals surface area contributed by atoms with Crippen LogP contribution in [0.5, 0.6) is 5.75 Å². The highest BCUT2D eigenvalue weighted by Crippen LogP contribution is 2.30. The molecule has 0 amide bonds. The normalized spacial score (nSPS) is 11.0. The molecule has 212 valence electrons. The van der Waals surface area contributed by atoms with Crippen LogP contribution in [0.25, 0.3) is 28.2 Å². The molecule has 5 rings (SSSR count). The Hall–Kier alpha value is -4.24. The van der Waals surface area contributed by atoms with Gasteiger partial charge in [-0.25, -0.2) is 9.78 Å². The monoisotopic (exact) mass is 616 g/mol. The highest BCUT2D eigenvalue weighted by molar-refractivity contribution is 8.93. The molecule has 0 unspecified atom stereocenters. The molecular formula is C32H33BrN4O4. The van der Waals surface area contributed by atoms with Crippen molar-refractivity contribution >= 4 is 17.0 Å². The van der Waals surface area contributed by atoms with E-state index >= 15 is 0 Å². The number of benzene rings is 3. The van der Waals surface area contributed by atoms with Crippen LogP contribution in [0.4, 0.5) is 0 Å². The molecule has 41 heavy (non-hydrogen) atoms. The molecule has 0 radical (unpaired) electrons. The van der Waals surface area contributed by atoms with Gasteiger partial charge in [0.25, 0.3) is 5.56 Å². The van der Waals surface area contributed by atoms with Crippen LogP contribution < -0.4 is 16.1 Å². The molecule has 1 N–H and O–H groups in total. The highest BCUT2D eigenvalue weighted by atomic mass is 79.9. The number of aryl methyl sites for hydroxylation is 2. The number of nitrogens with one attached hydrogen (secondary N) is 1. The molecule has 0 spiro atoms. The Labute approximate surface area is 248 Å². The summed E-state index contributed by atoms with van der Waals surface area (Å²) in [6.07, 6.45) is 2.16. The van der Waals surface area contributed by atoms with Crippen LogP contribution in [0.2, 0.25) is 0 Å². The standard InChI is InChI=1S/C32H32N4O4.BrH/c1-5-8-29-28(31(37)36(21(4)33-29)24-15-17-25(18-16-24)39-20(2)3)19-22-11-13-23(14-12-22)26-9-6-7-10-27(26)30-34-32(38)40-35-30;/h6-7,9-18,20H,5,8,19H2,1-4H3,(H,34,35,38);1H. The van der Waals surface area contributed by atoms with E-state index in [9.17, 15) is 9.59 Å². The van der Waals surface area contributed by atoms with E-state index in [1.165, 1.54) is 0 Å². The van der Waals surface area contributed by atoms with E-state index in [1.54, 1.807) is 4.57 Å². The number of H-pyrrole nitrogens is 1. The highest BCUT2D eigenvalue weighted by Gasteiger charge is 2.17. The molecule has 9 heteroatoms. The van der Waals surface area contributed by atoms with E-state index < -0.39 is 5.76 Å². The lowest BCUT2D eigenvalue weighted by Crippen LogP contribution is -2.28. The Kier molecular flexibility index (Phi) is 9.39. The Balaban J connectivity index is 0.00000387. The Morgan fingerprint density at radius 2 is 1.63 bits per heavy atom. The second-order valence-electron chi connectivity index (χ2n) is 10.00. The summed E-state index contributed by atoms with van der Waals surface area (Å²) in [5, 5.41) is 3.85. The Morgan fingerprint density at radius 1 is 0.951 bits per heavy atom. The molecule has 0 bridgehead atoms. The SMILES string of the molecule is Br.CCCc1nc(C)n(-c2ccc(OC(C)C)cc2)c(=O)c1Cc1ccc(-c2ccccc2-c2noc(=O)[nH]2)cc1. The molecule has 0 aliphatic rings. The number of hydrogen-bond acceptors (Lipinski definition) is 6. The van der Waals surface area contributed by atoms with E-state index in [2.05, 4.69) is 17.1 Å². The first-order valence-electron chi connectivity index (χ1n) is 13.5. The minimum atomic E-state index is -0.597. The van der Waals surface area contributed by atoms with Gasteiger partial charge in [0.15, 0.2) is 5.82 Å². The minimum Gasteiger partial charge on any atom is -0.491 e. The minimum absolute atomic E-state index is 0. The number of hydrogen-bond donors (Lipinski definition) is 1. The zero-order valence-corrected chi connectivity index (χ0v) is 25.2. The van der Waals surface area contributed by atoms with E-state index in [4.69, 9.17) is 14.2 Å². The van der Waals surface area contributed by atoms with Gasteiger partial charge in [-0.05, 0) is 68.1 Å². The van der Waals surface area contributed by atoms with Crippen molar-refractivity contribution in [3.8, 4) is 34.0 Å². The van der Waals surface area contributed by atoms with Crippen molar-refractivity contribution in [1.82, 2.24) is 19.7 Å². The van der Waals surface area contributed by atoms with Crippen LogP contribution in [-0.2, 0) is 12.8 Å². The van der Waals surface area contributed by atoms with E-state index in [0.29, 0.717) is 23.6 Å². The van der Waals surface area contributed by atoms with E-state index in [0.717, 1.165) is 52.2 Å². The average Bonchev–Trinajstić information content (AvgIpc) is 3.38. The van der Waals surface area contributed by atoms with Crippen LogP contribution >= 0.6 is 17.0 Å². The van der Waals surface area contributed by atoms with Gasteiger partial charge in [0, 0.05) is 17.5 Å². The first kappa shape index (κ1) is 29.7. The molecule has 0 saturated carbocycles. The van der Waals surface area contributed by atoms with Crippen LogP contribution in [-0.4, -0.2) is 25.8 Å². The fourth-order valence-corrected chi connectivity index (χ4v) is 4.88. The summed E-state index contributed by atoms with van der Waals surface area (Å²) in [6, 6.07) is 23.3. The fraction of sp³-hybridized carbons (Fsp3) is 0.250. The smallest absolute Gasteiger partial charge is 0.439 e. The maximum absolute atomic E-state index is 13.9. The second-order valence-corrected chi connectivity index (χ2v) is 10.00. The van der Waals surface area contributed by atoms with Gasteiger partial charge < -0.3 is 4.74 Å². The van der Waals surface area contributed by atoms with Gasteiger partial charge in [0.05, 0.1) is 17.5 Å². The predicted molar refractivity (Wildman–Crippen MR) is 165 cm³/mol. The third-order valence-corrected chi connectivity index (χ3v) is 6.65. The fourth-order valence-electron chi connectivity index (χ4n) is 4.88. The molecule has 3 aromatic carbocycles. The molecule has 2 heterocycles. The zero-order valence-electron chi connectivity index (χ0n) is 23.5. The van der Waals surface area contributed by atoms with Gasteiger partial charge >= 0.3 is 5.76 Å². The van der Waals surface area contributed by atoms with Gasteiger partial charge in [-0.2, -0.15) is 0 Å². The average molecular weight is 618 g/mol.